The van der Waals surface area contributed by atoms with Gasteiger partial charge in [-0.2, -0.15) is 13.2 Å². The summed E-state index contributed by atoms with van der Waals surface area (Å²) in [7, 11) is 1.55. The van der Waals surface area contributed by atoms with Gasteiger partial charge in [0.1, 0.15) is 11.4 Å². The summed E-state index contributed by atoms with van der Waals surface area (Å²) < 4.78 is 53.2. The summed E-state index contributed by atoms with van der Waals surface area (Å²) in [5.41, 5.74) is -0.680. The van der Waals surface area contributed by atoms with Crippen molar-refractivity contribution in [2.24, 2.45) is 0 Å². The maximum atomic E-state index is 13.8. The number of rotatable bonds is 5. The minimum absolute atomic E-state index is 0.0925. The highest BCUT2D eigenvalue weighted by Crippen LogP contribution is 2.38. The fraction of sp³-hybridized carbons (Fsp3) is 0.167. The van der Waals surface area contributed by atoms with Gasteiger partial charge in [-0.15, -0.1) is 10.2 Å². The van der Waals surface area contributed by atoms with Crippen molar-refractivity contribution in [2.45, 2.75) is 19.5 Å². The Hall–Kier alpha value is -4.41. The van der Waals surface area contributed by atoms with Crippen molar-refractivity contribution >= 4 is 5.65 Å². The lowest BCUT2D eigenvalue weighted by Gasteiger charge is -2.07. The second-order valence-corrected chi connectivity index (χ2v) is 7.77. The van der Waals surface area contributed by atoms with Crippen molar-refractivity contribution < 1.29 is 22.3 Å². The Morgan fingerprint density at radius 3 is 2.40 bits per heavy atom. The van der Waals surface area contributed by atoms with Crippen LogP contribution in [0.3, 0.4) is 0 Å². The smallest absolute Gasteiger partial charge is 0.433 e. The summed E-state index contributed by atoms with van der Waals surface area (Å²) in [6, 6.07) is 15.0. The van der Waals surface area contributed by atoms with Gasteiger partial charge in [-0.25, -0.2) is 9.50 Å². The van der Waals surface area contributed by atoms with E-state index >= 15 is 0 Å². The van der Waals surface area contributed by atoms with Gasteiger partial charge in [-0.05, 0) is 36.8 Å². The summed E-state index contributed by atoms with van der Waals surface area (Å²) in [6.07, 6.45) is -4.82. The fourth-order valence-electron chi connectivity index (χ4n) is 3.83. The summed E-state index contributed by atoms with van der Waals surface area (Å²) in [6.45, 7) is 1.56. The van der Waals surface area contributed by atoms with Gasteiger partial charge < -0.3 is 9.15 Å². The third kappa shape index (κ3) is 4.05. The van der Waals surface area contributed by atoms with Crippen LogP contribution in [0.1, 0.15) is 22.8 Å². The number of H-pyrrole nitrogens is 1. The van der Waals surface area contributed by atoms with Gasteiger partial charge >= 0.3 is 6.18 Å². The van der Waals surface area contributed by atoms with Crippen LogP contribution in [-0.2, 0) is 12.6 Å². The van der Waals surface area contributed by atoms with Crippen LogP contribution < -0.4 is 10.3 Å². The molecule has 11 heteroatoms. The van der Waals surface area contributed by atoms with E-state index in [0.717, 1.165) is 4.52 Å². The van der Waals surface area contributed by atoms with Crippen molar-refractivity contribution in [3.05, 3.63) is 87.8 Å². The lowest BCUT2D eigenvalue weighted by Crippen LogP contribution is -2.22. The fourth-order valence-corrected chi connectivity index (χ4v) is 3.83. The summed E-state index contributed by atoms with van der Waals surface area (Å²) in [5.74, 6) is 1.03. The molecule has 0 aliphatic heterocycles. The van der Waals surface area contributed by atoms with Crippen molar-refractivity contribution in [3.8, 4) is 28.3 Å². The Morgan fingerprint density at radius 1 is 1.03 bits per heavy atom. The van der Waals surface area contributed by atoms with E-state index in [1.165, 1.54) is 12.1 Å². The van der Waals surface area contributed by atoms with E-state index < -0.39 is 17.4 Å². The van der Waals surface area contributed by atoms with E-state index in [9.17, 15) is 18.0 Å². The second kappa shape index (κ2) is 8.42. The van der Waals surface area contributed by atoms with Crippen LogP contribution in [0.25, 0.3) is 28.2 Å². The maximum absolute atomic E-state index is 13.8. The zero-order valence-electron chi connectivity index (χ0n) is 18.6. The van der Waals surface area contributed by atoms with Gasteiger partial charge in [0.15, 0.2) is 5.65 Å². The van der Waals surface area contributed by atoms with Crippen LogP contribution in [0.2, 0.25) is 0 Å². The molecular weight excluding hydrogens is 463 g/mol. The van der Waals surface area contributed by atoms with E-state index in [-0.39, 0.29) is 40.7 Å². The quantitative estimate of drug-likeness (QED) is 0.392. The average molecular weight is 481 g/mol. The van der Waals surface area contributed by atoms with Gasteiger partial charge in [0.05, 0.1) is 19.1 Å². The lowest BCUT2D eigenvalue weighted by molar-refractivity contribution is -0.140. The molecule has 0 radical (unpaired) electrons. The Morgan fingerprint density at radius 2 is 1.74 bits per heavy atom. The Balaban J connectivity index is 1.58. The molecule has 0 saturated heterocycles. The molecule has 2 aromatic carbocycles. The van der Waals surface area contributed by atoms with Crippen molar-refractivity contribution in [3.63, 3.8) is 0 Å². The van der Waals surface area contributed by atoms with Gasteiger partial charge in [-0.1, -0.05) is 30.3 Å². The minimum Gasteiger partial charge on any atom is -0.497 e. The Bertz CT molecular complexity index is 1570. The number of aryl methyl sites for hydroxylation is 1. The first-order valence-corrected chi connectivity index (χ1v) is 10.5. The number of fused-ring (bicyclic) bond motifs is 1. The first kappa shape index (κ1) is 22.4. The second-order valence-electron chi connectivity index (χ2n) is 7.77. The largest absolute Gasteiger partial charge is 0.497 e. The molecule has 1 N–H and O–H groups in total. The highest BCUT2D eigenvalue weighted by molar-refractivity contribution is 5.80. The number of halogens is 3. The van der Waals surface area contributed by atoms with Crippen molar-refractivity contribution in [1.29, 1.82) is 0 Å². The molecule has 0 unspecified atom stereocenters. The molecule has 0 amide bonds. The molecule has 3 aromatic heterocycles. The third-order valence-electron chi connectivity index (χ3n) is 5.56. The normalized spacial score (nSPS) is 11.8. The Labute approximate surface area is 196 Å². The summed E-state index contributed by atoms with van der Waals surface area (Å²) in [4.78, 5) is 17.6. The highest BCUT2D eigenvalue weighted by atomic mass is 19.4. The molecule has 35 heavy (non-hydrogen) atoms. The number of aromatic amines is 1. The molecule has 0 bridgehead atoms. The molecule has 8 nitrogen and oxygen atoms in total. The number of nitrogens with one attached hydrogen (secondary N) is 1. The zero-order valence-corrected chi connectivity index (χ0v) is 18.6. The monoisotopic (exact) mass is 481 g/mol. The molecular formula is C24H18F3N5O3. The van der Waals surface area contributed by atoms with Crippen LogP contribution in [0.4, 0.5) is 13.2 Å². The van der Waals surface area contributed by atoms with E-state index in [0.29, 0.717) is 16.9 Å². The molecule has 0 saturated carbocycles. The lowest BCUT2D eigenvalue weighted by atomic mass is 10.1. The van der Waals surface area contributed by atoms with Crippen LogP contribution in [0.15, 0.2) is 63.8 Å². The van der Waals surface area contributed by atoms with Crippen LogP contribution in [0, 0.1) is 6.92 Å². The number of hydrogen-bond acceptors (Lipinski definition) is 6. The standard InChI is InChI=1S/C24H18F3N5O3/c1-13-17(12-18-29-30-22(35-18)15-8-10-16(34-2)11-9-15)23(33)32-21(28-13)19(14-6-4-3-5-7-14)20(31-32)24(25,26)27/h3-11,31H,12H2,1-2H3. The molecule has 0 fully saturated rings. The number of benzene rings is 2. The predicted molar refractivity (Wildman–Crippen MR) is 120 cm³/mol. The van der Waals surface area contributed by atoms with Gasteiger partial charge in [0.25, 0.3) is 5.56 Å². The van der Waals surface area contributed by atoms with Gasteiger partial charge in [-0.3, -0.25) is 9.89 Å². The third-order valence-corrected chi connectivity index (χ3v) is 5.56. The van der Waals surface area contributed by atoms with E-state index in [2.05, 4.69) is 20.3 Å². The first-order valence-electron chi connectivity index (χ1n) is 10.5. The zero-order chi connectivity index (χ0) is 24.7. The van der Waals surface area contributed by atoms with Crippen LogP contribution >= 0.6 is 0 Å². The number of aromatic nitrogens is 5. The van der Waals surface area contributed by atoms with Crippen LogP contribution in [-0.4, -0.2) is 31.9 Å². The number of ether oxygens (including phenoxy) is 1. The van der Waals surface area contributed by atoms with E-state index in [1.807, 2.05) is 0 Å². The summed E-state index contributed by atoms with van der Waals surface area (Å²) >= 11 is 0. The van der Waals surface area contributed by atoms with E-state index in [1.54, 1.807) is 56.5 Å². The van der Waals surface area contributed by atoms with E-state index in [4.69, 9.17) is 9.15 Å². The average Bonchev–Trinajstić information content (AvgIpc) is 3.47. The van der Waals surface area contributed by atoms with Crippen molar-refractivity contribution in [1.82, 2.24) is 24.8 Å². The van der Waals surface area contributed by atoms with Crippen LogP contribution in [0.5, 0.6) is 5.75 Å². The first-order chi connectivity index (χ1) is 16.8. The molecule has 0 aliphatic rings. The highest BCUT2D eigenvalue weighted by Gasteiger charge is 2.38. The maximum Gasteiger partial charge on any atom is 0.433 e. The Kier molecular flexibility index (Phi) is 5.39. The molecule has 5 rings (SSSR count). The number of methoxy groups -OCH3 is 1. The summed E-state index contributed by atoms with van der Waals surface area (Å²) in [5, 5.41) is 10.2. The van der Waals surface area contributed by atoms with Crippen molar-refractivity contribution in [2.75, 3.05) is 7.11 Å². The minimum atomic E-state index is -4.72. The van der Waals surface area contributed by atoms with Gasteiger partial charge in [0, 0.05) is 16.8 Å². The molecule has 0 atom stereocenters. The number of hydrogen-bond donors (Lipinski definition) is 1. The number of alkyl halides is 3. The molecule has 0 spiro atoms. The van der Waals surface area contributed by atoms with Gasteiger partial charge in [0.2, 0.25) is 11.8 Å². The SMILES string of the molecule is COc1ccc(-c2nnc(Cc3c(C)nc4c(-c5ccccc5)c(C(F)(F)F)[nH]n4c3=O)o2)cc1. The number of nitrogens with zero attached hydrogens (tertiary/aromatic N) is 4. The topological polar surface area (TPSA) is 98.3 Å². The molecule has 0 aliphatic carbocycles. The molecule has 178 valence electrons. The molecule has 5 aromatic rings. The molecule has 3 heterocycles. The predicted octanol–water partition coefficient (Wildman–Crippen LogP) is 4.67.